The van der Waals surface area contributed by atoms with Crippen LogP contribution in [-0.4, -0.2) is 54.4 Å². The number of amides is 1. The number of carboxylic acid groups (broad SMARTS) is 1. The van der Waals surface area contributed by atoms with E-state index in [0.717, 1.165) is 25.5 Å². The Bertz CT molecular complexity index is 703. The molecule has 0 bridgehead atoms. The zero-order valence-electron chi connectivity index (χ0n) is 14.3. The molecule has 2 rings (SSSR count). The molecule has 1 aromatic heterocycles. The van der Waals surface area contributed by atoms with Crippen LogP contribution in [0.25, 0.3) is 0 Å². The van der Waals surface area contributed by atoms with Crippen molar-refractivity contribution in [2.24, 2.45) is 5.92 Å². The van der Waals surface area contributed by atoms with E-state index in [1.807, 2.05) is 13.8 Å². The molecule has 2 heterocycles. The number of nitrogens with zero attached hydrogens (tertiary/aromatic N) is 2. The predicted octanol–water partition coefficient (Wildman–Crippen LogP) is 2.46. The molecule has 1 atom stereocenters. The largest absolute Gasteiger partial charge is 0.465 e. The first kappa shape index (κ1) is 18.5. The van der Waals surface area contributed by atoms with Gasteiger partial charge < -0.3 is 15.3 Å². The summed E-state index contributed by atoms with van der Waals surface area (Å²) in [7, 11) is -3.31. The quantitative estimate of drug-likeness (QED) is 0.761. The molecule has 7 nitrogen and oxygen atoms in total. The van der Waals surface area contributed by atoms with Gasteiger partial charge in [0.2, 0.25) is 0 Å². The summed E-state index contributed by atoms with van der Waals surface area (Å²) in [4.78, 5) is 16.8. The van der Waals surface area contributed by atoms with Crippen LogP contribution in [0.5, 0.6) is 0 Å². The Balaban J connectivity index is 1.81. The minimum absolute atomic E-state index is 0.0575. The van der Waals surface area contributed by atoms with E-state index in [4.69, 9.17) is 0 Å². The molecule has 1 aromatic rings. The van der Waals surface area contributed by atoms with E-state index in [1.165, 1.54) is 11.0 Å². The summed E-state index contributed by atoms with van der Waals surface area (Å²) in [6.07, 6.45) is 2.93. The summed E-state index contributed by atoms with van der Waals surface area (Å²) in [5, 5.41) is 12.4. The van der Waals surface area contributed by atoms with Crippen molar-refractivity contribution in [2.45, 2.75) is 43.7 Å². The van der Waals surface area contributed by atoms with Gasteiger partial charge in [0.1, 0.15) is 5.82 Å². The number of aromatic nitrogens is 1. The van der Waals surface area contributed by atoms with Crippen LogP contribution < -0.4 is 5.32 Å². The lowest BCUT2D eigenvalue weighted by molar-refractivity contribution is 0.117. The van der Waals surface area contributed by atoms with Crippen LogP contribution in [0.1, 0.15) is 33.1 Å². The van der Waals surface area contributed by atoms with E-state index in [2.05, 4.69) is 10.3 Å². The second kappa shape index (κ2) is 6.96. The zero-order chi connectivity index (χ0) is 18.0. The molecular weight excluding hydrogens is 330 g/mol. The molecule has 134 valence electrons. The Morgan fingerprint density at radius 2 is 2.17 bits per heavy atom. The number of hydrogen-bond acceptors (Lipinski definition) is 5. The second-order valence-corrected chi connectivity index (χ2v) is 8.94. The van der Waals surface area contributed by atoms with Crippen LogP contribution in [0.2, 0.25) is 0 Å². The lowest BCUT2D eigenvalue weighted by Crippen LogP contribution is -2.41. The SMILES string of the molecule is CC1(C)C[C@H](CCCNc2cccc(S(C)(=O)=O)n2)CN1C(=O)O. The van der Waals surface area contributed by atoms with Crippen molar-refractivity contribution in [3.05, 3.63) is 18.2 Å². The maximum Gasteiger partial charge on any atom is 0.407 e. The third-order valence-electron chi connectivity index (χ3n) is 4.39. The summed E-state index contributed by atoms with van der Waals surface area (Å²) in [5.74, 6) is 0.894. The average molecular weight is 355 g/mol. The Morgan fingerprint density at radius 3 is 2.75 bits per heavy atom. The molecule has 1 saturated heterocycles. The topological polar surface area (TPSA) is 99.6 Å². The molecule has 1 aliphatic rings. The van der Waals surface area contributed by atoms with E-state index in [0.29, 0.717) is 24.8 Å². The summed E-state index contributed by atoms with van der Waals surface area (Å²) >= 11 is 0. The Labute approximate surface area is 143 Å². The van der Waals surface area contributed by atoms with Crippen LogP contribution in [0.3, 0.4) is 0 Å². The Hall–Kier alpha value is -1.83. The van der Waals surface area contributed by atoms with E-state index >= 15 is 0 Å². The maximum absolute atomic E-state index is 11.5. The normalized spacial score (nSPS) is 20.1. The standard InChI is InChI=1S/C16H25N3O4S/c1-16(2)10-12(11-19(16)15(20)21)6-5-9-17-13-7-4-8-14(18-13)24(3,22)23/h4,7-8,12H,5-6,9-11H2,1-3H3,(H,17,18)(H,20,21)/t12-/m0/s1. The van der Waals surface area contributed by atoms with Crippen molar-refractivity contribution in [2.75, 3.05) is 24.7 Å². The molecule has 1 amide bonds. The first-order chi connectivity index (χ1) is 11.1. The molecule has 1 aliphatic heterocycles. The second-order valence-electron chi connectivity index (χ2n) is 6.98. The molecule has 0 spiro atoms. The fraction of sp³-hybridized carbons (Fsp3) is 0.625. The maximum atomic E-state index is 11.5. The van der Waals surface area contributed by atoms with Crippen molar-refractivity contribution in [1.82, 2.24) is 9.88 Å². The van der Waals surface area contributed by atoms with E-state index in [-0.39, 0.29) is 10.6 Å². The van der Waals surface area contributed by atoms with Crippen LogP contribution in [0.4, 0.5) is 10.6 Å². The first-order valence-corrected chi connectivity index (χ1v) is 9.90. The van der Waals surface area contributed by atoms with Gasteiger partial charge in [-0.1, -0.05) is 6.07 Å². The van der Waals surface area contributed by atoms with Gasteiger partial charge >= 0.3 is 6.09 Å². The number of nitrogens with one attached hydrogen (secondary N) is 1. The highest BCUT2D eigenvalue weighted by atomic mass is 32.2. The molecule has 8 heteroatoms. The first-order valence-electron chi connectivity index (χ1n) is 8.01. The van der Waals surface area contributed by atoms with Gasteiger partial charge in [0.15, 0.2) is 14.9 Å². The van der Waals surface area contributed by atoms with Gasteiger partial charge in [-0.15, -0.1) is 0 Å². The smallest absolute Gasteiger partial charge is 0.407 e. The van der Waals surface area contributed by atoms with Gasteiger partial charge in [-0.3, -0.25) is 0 Å². The number of sulfone groups is 1. The fourth-order valence-corrected chi connectivity index (χ4v) is 3.83. The molecule has 0 saturated carbocycles. The summed E-state index contributed by atoms with van der Waals surface area (Å²) < 4.78 is 23.0. The molecule has 2 N–H and O–H groups in total. The minimum atomic E-state index is -3.31. The van der Waals surface area contributed by atoms with Gasteiger partial charge in [0, 0.05) is 24.9 Å². The number of pyridine rings is 1. The molecule has 0 aliphatic carbocycles. The van der Waals surface area contributed by atoms with Crippen molar-refractivity contribution < 1.29 is 18.3 Å². The minimum Gasteiger partial charge on any atom is -0.465 e. The summed E-state index contributed by atoms with van der Waals surface area (Å²) in [5.41, 5.74) is -0.310. The van der Waals surface area contributed by atoms with Gasteiger partial charge in [-0.2, -0.15) is 0 Å². The predicted molar refractivity (Wildman–Crippen MR) is 92.0 cm³/mol. The van der Waals surface area contributed by atoms with E-state index in [1.54, 1.807) is 12.1 Å². The van der Waals surface area contributed by atoms with Crippen LogP contribution in [-0.2, 0) is 9.84 Å². The van der Waals surface area contributed by atoms with Crippen molar-refractivity contribution in [3.8, 4) is 0 Å². The molecular formula is C16H25N3O4S. The molecule has 0 unspecified atom stereocenters. The number of rotatable bonds is 6. The van der Waals surface area contributed by atoms with Gasteiger partial charge in [-0.25, -0.2) is 18.2 Å². The van der Waals surface area contributed by atoms with E-state index in [9.17, 15) is 18.3 Å². The number of anilines is 1. The highest BCUT2D eigenvalue weighted by Crippen LogP contribution is 2.34. The lowest BCUT2D eigenvalue weighted by Gasteiger charge is -2.28. The number of hydrogen-bond donors (Lipinski definition) is 2. The van der Waals surface area contributed by atoms with E-state index < -0.39 is 15.9 Å². The fourth-order valence-electron chi connectivity index (χ4n) is 3.24. The summed E-state index contributed by atoms with van der Waals surface area (Å²) in [6, 6.07) is 4.87. The average Bonchev–Trinajstić information content (AvgIpc) is 2.78. The highest BCUT2D eigenvalue weighted by molar-refractivity contribution is 7.90. The lowest BCUT2D eigenvalue weighted by atomic mass is 9.93. The molecule has 24 heavy (non-hydrogen) atoms. The Morgan fingerprint density at radius 1 is 1.46 bits per heavy atom. The third kappa shape index (κ3) is 4.59. The van der Waals surface area contributed by atoms with Crippen molar-refractivity contribution in [1.29, 1.82) is 0 Å². The third-order valence-corrected chi connectivity index (χ3v) is 5.38. The number of carbonyl (C=O) groups is 1. The molecule has 0 radical (unpaired) electrons. The monoisotopic (exact) mass is 355 g/mol. The van der Waals surface area contributed by atoms with Crippen molar-refractivity contribution in [3.63, 3.8) is 0 Å². The zero-order valence-corrected chi connectivity index (χ0v) is 15.1. The Kier molecular flexibility index (Phi) is 5.37. The molecule has 0 aromatic carbocycles. The van der Waals surface area contributed by atoms with Crippen LogP contribution in [0.15, 0.2) is 23.2 Å². The molecule has 1 fully saturated rings. The van der Waals surface area contributed by atoms with Crippen LogP contribution in [0, 0.1) is 5.92 Å². The van der Waals surface area contributed by atoms with Gasteiger partial charge in [0.05, 0.1) is 0 Å². The van der Waals surface area contributed by atoms with Gasteiger partial charge in [0.25, 0.3) is 0 Å². The van der Waals surface area contributed by atoms with Crippen LogP contribution >= 0.6 is 0 Å². The van der Waals surface area contributed by atoms with Gasteiger partial charge in [-0.05, 0) is 51.2 Å². The number of likely N-dealkylation sites (tertiary alicyclic amines) is 1. The highest BCUT2D eigenvalue weighted by Gasteiger charge is 2.40. The summed E-state index contributed by atoms with van der Waals surface area (Å²) in [6.45, 7) is 5.16. The van der Waals surface area contributed by atoms with Crippen molar-refractivity contribution >= 4 is 21.7 Å².